The van der Waals surface area contributed by atoms with Crippen LogP contribution >= 0.6 is 0 Å². The van der Waals surface area contributed by atoms with Crippen molar-refractivity contribution < 1.29 is 0 Å². The van der Waals surface area contributed by atoms with E-state index in [1.54, 1.807) is 0 Å². The predicted octanol–water partition coefficient (Wildman–Crippen LogP) is 2.87. The molecule has 1 heterocycles. The van der Waals surface area contributed by atoms with Gasteiger partial charge in [-0.1, -0.05) is 20.8 Å². The van der Waals surface area contributed by atoms with Gasteiger partial charge in [-0.25, -0.2) is 0 Å². The molecule has 2 nitrogen and oxygen atoms in total. The first kappa shape index (κ1) is 14.0. The summed E-state index contributed by atoms with van der Waals surface area (Å²) in [7, 11) is 0. The Morgan fingerprint density at radius 1 is 1.19 bits per heavy atom. The van der Waals surface area contributed by atoms with Crippen molar-refractivity contribution in [2.24, 2.45) is 17.1 Å². The molecule has 0 radical (unpaired) electrons. The minimum absolute atomic E-state index is 0.369. The van der Waals surface area contributed by atoms with Gasteiger partial charge in [0.1, 0.15) is 0 Å². The van der Waals surface area contributed by atoms with E-state index in [0.29, 0.717) is 5.41 Å². The van der Waals surface area contributed by atoms with Gasteiger partial charge >= 0.3 is 0 Å². The summed E-state index contributed by atoms with van der Waals surface area (Å²) in [5.74, 6) is 0.917. The molecule has 0 aromatic heterocycles. The average Bonchev–Trinajstić information content (AvgIpc) is 2.51. The molecule has 0 aromatic rings. The zero-order valence-corrected chi connectivity index (χ0v) is 11.5. The number of nitrogens with two attached hydrogens (primary N) is 1. The molecule has 0 aromatic carbocycles. The van der Waals surface area contributed by atoms with Gasteiger partial charge in [-0.05, 0) is 63.1 Å². The molecule has 0 bridgehead atoms. The van der Waals surface area contributed by atoms with Crippen LogP contribution in [0.15, 0.2) is 0 Å². The van der Waals surface area contributed by atoms with Crippen molar-refractivity contribution in [3.05, 3.63) is 0 Å². The molecule has 0 amide bonds. The highest BCUT2D eigenvalue weighted by molar-refractivity contribution is 4.82. The minimum atomic E-state index is 0.369. The zero-order chi connectivity index (χ0) is 12.0. The summed E-state index contributed by atoms with van der Waals surface area (Å²) in [4.78, 5) is 2.66. The Labute approximate surface area is 102 Å². The number of nitrogens with zero attached hydrogens (tertiary/aromatic N) is 1. The molecule has 96 valence electrons. The monoisotopic (exact) mass is 226 g/mol. The van der Waals surface area contributed by atoms with Crippen molar-refractivity contribution in [1.82, 2.24) is 4.90 Å². The summed E-state index contributed by atoms with van der Waals surface area (Å²) in [6, 6.07) is 0. The van der Waals surface area contributed by atoms with Crippen LogP contribution < -0.4 is 5.73 Å². The highest BCUT2D eigenvalue weighted by Crippen LogP contribution is 2.28. The van der Waals surface area contributed by atoms with Crippen LogP contribution in [0.4, 0.5) is 0 Å². The van der Waals surface area contributed by atoms with Crippen molar-refractivity contribution in [2.45, 2.75) is 52.9 Å². The SMILES string of the molecule is CCC(CC)(CN)CN1CCCC(C)CC1. The molecule has 2 N–H and O–H groups in total. The smallest absolute Gasteiger partial charge is 0.00499 e. The van der Waals surface area contributed by atoms with Crippen molar-refractivity contribution in [2.75, 3.05) is 26.2 Å². The predicted molar refractivity (Wildman–Crippen MR) is 71.5 cm³/mol. The molecule has 1 saturated heterocycles. The van der Waals surface area contributed by atoms with Gasteiger partial charge in [0.15, 0.2) is 0 Å². The van der Waals surface area contributed by atoms with Crippen LogP contribution in [0, 0.1) is 11.3 Å². The van der Waals surface area contributed by atoms with Crippen LogP contribution in [0.2, 0.25) is 0 Å². The number of likely N-dealkylation sites (tertiary alicyclic amines) is 1. The molecular formula is C14H30N2. The van der Waals surface area contributed by atoms with Gasteiger partial charge in [0, 0.05) is 6.54 Å². The lowest BCUT2D eigenvalue weighted by Crippen LogP contribution is -2.42. The van der Waals surface area contributed by atoms with Gasteiger partial charge in [0.2, 0.25) is 0 Å². The Kier molecular flexibility index (Phi) is 5.77. The van der Waals surface area contributed by atoms with Crippen LogP contribution in [-0.4, -0.2) is 31.1 Å². The Morgan fingerprint density at radius 3 is 2.44 bits per heavy atom. The van der Waals surface area contributed by atoms with E-state index in [0.717, 1.165) is 12.5 Å². The second-order valence-corrected chi connectivity index (χ2v) is 5.72. The number of hydrogen-bond acceptors (Lipinski definition) is 2. The van der Waals surface area contributed by atoms with E-state index in [2.05, 4.69) is 25.7 Å². The Balaban J connectivity index is 2.50. The third-order valence-electron chi connectivity index (χ3n) is 4.60. The molecule has 1 unspecified atom stereocenters. The molecular weight excluding hydrogens is 196 g/mol. The van der Waals surface area contributed by atoms with Crippen molar-refractivity contribution in [3.8, 4) is 0 Å². The maximum Gasteiger partial charge on any atom is 0.00499 e. The van der Waals surface area contributed by atoms with Gasteiger partial charge in [-0.15, -0.1) is 0 Å². The molecule has 0 aliphatic carbocycles. The van der Waals surface area contributed by atoms with Crippen LogP contribution in [0.5, 0.6) is 0 Å². The molecule has 0 saturated carbocycles. The van der Waals surface area contributed by atoms with E-state index in [4.69, 9.17) is 5.73 Å². The Morgan fingerprint density at radius 2 is 1.88 bits per heavy atom. The van der Waals surface area contributed by atoms with Crippen molar-refractivity contribution in [1.29, 1.82) is 0 Å². The van der Waals surface area contributed by atoms with E-state index in [1.165, 1.54) is 51.7 Å². The second-order valence-electron chi connectivity index (χ2n) is 5.72. The van der Waals surface area contributed by atoms with Crippen LogP contribution in [0.25, 0.3) is 0 Å². The summed E-state index contributed by atoms with van der Waals surface area (Å²) >= 11 is 0. The van der Waals surface area contributed by atoms with Crippen LogP contribution in [0.1, 0.15) is 52.9 Å². The summed E-state index contributed by atoms with van der Waals surface area (Å²) < 4.78 is 0. The lowest BCUT2D eigenvalue weighted by atomic mass is 9.82. The minimum Gasteiger partial charge on any atom is -0.330 e. The van der Waals surface area contributed by atoms with Gasteiger partial charge in [-0.2, -0.15) is 0 Å². The maximum absolute atomic E-state index is 5.99. The topological polar surface area (TPSA) is 29.3 Å². The molecule has 1 aliphatic rings. The van der Waals surface area contributed by atoms with Gasteiger partial charge in [0.05, 0.1) is 0 Å². The van der Waals surface area contributed by atoms with E-state index in [1.807, 2.05) is 0 Å². The number of hydrogen-bond donors (Lipinski definition) is 1. The van der Waals surface area contributed by atoms with Gasteiger partial charge in [-0.3, -0.25) is 0 Å². The van der Waals surface area contributed by atoms with Crippen LogP contribution in [0.3, 0.4) is 0 Å². The normalized spacial score (nSPS) is 24.4. The average molecular weight is 226 g/mol. The molecule has 2 heteroatoms. The fourth-order valence-electron chi connectivity index (χ4n) is 2.78. The first-order chi connectivity index (χ1) is 7.65. The summed E-state index contributed by atoms with van der Waals surface area (Å²) in [6.07, 6.45) is 6.58. The Bertz CT molecular complexity index is 179. The van der Waals surface area contributed by atoms with Crippen molar-refractivity contribution >= 4 is 0 Å². The maximum atomic E-state index is 5.99. The van der Waals surface area contributed by atoms with Crippen LogP contribution in [-0.2, 0) is 0 Å². The van der Waals surface area contributed by atoms with E-state index in [9.17, 15) is 0 Å². The van der Waals surface area contributed by atoms with E-state index >= 15 is 0 Å². The molecule has 16 heavy (non-hydrogen) atoms. The van der Waals surface area contributed by atoms with E-state index < -0.39 is 0 Å². The highest BCUT2D eigenvalue weighted by Gasteiger charge is 2.27. The molecule has 1 fully saturated rings. The lowest BCUT2D eigenvalue weighted by molar-refractivity contribution is 0.146. The zero-order valence-electron chi connectivity index (χ0n) is 11.5. The van der Waals surface area contributed by atoms with Gasteiger partial charge < -0.3 is 10.6 Å². The molecule has 1 rings (SSSR count). The first-order valence-electron chi connectivity index (χ1n) is 7.08. The summed E-state index contributed by atoms with van der Waals surface area (Å²) in [5, 5.41) is 0. The molecule has 0 spiro atoms. The fraction of sp³-hybridized carbons (Fsp3) is 1.00. The molecule has 1 aliphatic heterocycles. The molecule has 1 atom stereocenters. The van der Waals surface area contributed by atoms with E-state index in [-0.39, 0.29) is 0 Å². The fourth-order valence-corrected chi connectivity index (χ4v) is 2.78. The summed E-state index contributed by atoms with van der Waals surface area (Å²) in [6.45, 7) is 11.6. The lowest BCUT2D eigenvalue weighted by Gasteiger charge is -2.36. The van der Waals surface area contributed by atoms with Gasteiger partial charge in [0.25, 0.3) is 0 Å². The standard InChI is InChI=1S/C14H30N2/c1-4-14(5-2,11-15)12-16-9-6-7-13(3)8-10-16/h13H,4-12,15H2,1-3H3. The highest BCUT2D eigenvalue weighted by atomic mass is 15.1. The third kappa shape index (κ3) is 3.74. The largest absolute Gasteiger partial charge is 0.330 e. The Hall–Kier alpha value is -0.0800. The first-order valence-corrected chi connectivity index (χ1v) is 7.08. The third-order valence-corrected chi connectivity index (χ3v) is 4.60. The summed E-state index contributed by atoms with van der Waals surface area (Å²) in [5.41, 5.74) is 6.35. The second kappa shape index (κ2) is 6.61. The number of rotatable bonds is 5. The van der Waals surface area contributed by atoms with Crippen molar-refractivity contribution in [3.63, 3.8) is 0 Å². The quantitative estimate of drug-likeness (QED) is 0.781.